The minimum absolute atomic E-state index is 0.252. The number of nitrogens with one attached hydrogen (secondary N) is 4. The maximum atomic E-state index is 13.5. The molecule has 0 saturated carbocycles. The molecule has 0 fully saturated rings. The molecule has 0 aliphatic heterocycles. The van der Waals surface area contributed by atoms with Crippen LogP contribution in [-0.4, -0.2) is 29.5 Å². The van der Waals surface area contributed by atoms with Gasteiger partial charge in [0.05, 0.1) is 5.92 Å². The summed E-state index contributed by atoms with van der Waals surface area (Å²) >= 11 is 5.12. The summed E-state index contributed by atoms with van der Waals surface area (Å²) < 4.78 is 0. The van der Waals surface area contributed by atoms with Crippen molar-refractivity contribution in [3.8, 4) is 0 Å². The molecule has 3 aromatic carbocycles. The number of carbonyl (C=O) groups excluding carboxylic acids is 2. The van der Waals surface area contributed by atoms with Crippen molar-refractivity contribution < 1.29 is 9.59 Å². The predicted octanol–water partition coefficient (Wildman–Crippen LogP) is 3.06. The van der Waals surface area contributed by atoms with Gasteiger partial charge in [0.2, 0.25) is 5.91 Å². The van der Waals surface area contributed by atoms with E-state index in [4.69, 9.17) is 12.2 Å². The molecule has 3 aromatic rings. The van der Waals surface area contributed by atoms with Crippen molar-refractivity contribution in [2.45, 2.75) is 25.3 Å². The van der Waals surface area contributed by atoms with E-state index in [9.17, 15) is 9.59 Å². The van der Waals surface area contributed by atoms with Crippen LogP contribution in [0.25, 0.3) is 0 Å². The van der Waals surface area contributed by atoms with E-state index in [0.29, 0.717) is 18.1 Å². The largest absolute Gasteiger partial charge is 0.362 e. The SMILES string of the molecule is CCNC(=S)NNC(=O)C(Cc1ccccc1)NC(=O)C(c1ccccc1)c1ccccc1. The molecule has 1 unspecified atom stereocenters. The summed E-state index contributed by atoms with van der Waals surface area (Å²) in [5.41, 5.74) is 7.93. The average molecular weight is 461 g/mol. The molecular formula is C26H28N4O2S. The summed E-state index contributed by atoms with van der Waals surface area (Å²) in [5, 5.41) is 6.18. The van der Waals surface area contributed by atoms with Gasteiger partial charge < -0.3 is 10.6 Å². The summed E-state index contributed by atoms with van der Waals surface area (Å²) in [4.78, 5) is 26.6. The zero-order valence-corrected chi connectivity index (χ0v) is 19.3. The van der Waals surface area contributed by atoms with E-state index in [0.717, 1.165) is 16.7 Å². The number of hydrazine groups is 1. The number of thiocarbonyl (C=S) groups is 1. The molecule has 3 rings (SSSR count). The normalized spacial score (nSPS) is 11.3. The summed E-state index contributed by atoms with van der Waals surface area (Å²) in [6, 6.07) is 27.9. The van der Waals surface area contributed by atoms with Crippen molar-refractivity contribution in [3.05, 3.63) is 108 Å². The van der Waals surface area contributed by atoms with Gasteiger partial charge in [0, 0.05) is 13.0 Å². The van der Waals surface area contributed by atoms with Crippen LogP contribution in [0.4, 0.5) is 0 Å². The lowest BCUT2D eigenvalue weighted by Crippen LogP contribution is -2.55. The Hall–Kier alpha value is -3.71. The van der Waals surface area contributed by atoms with E-state index in [1.54, 1.807) is 0 Å². The standard InChI is InChI=1S/C26H28N4O2S/c1-2-27-26(33)30-29-24(31)22(18-19-12-6-3-7-13-19)28-25(32)23(20-14-8-4-9-15-20)21-16-10-5-11-17-21/h3-17,22-23H,2,18H2,1H3,(H,28,32)(H,29,31)(H2,27,30,33). The van der Waals surface area contributed by atoms with Crippen molar-refractivity contribution in [2.24, 2.45) is 0 Å². The van der Waals surface area contributed by atoms with Crippen LogP contribution in [-0.2, 0) is 16.0 Å². The first-order chi connectivity index (χ1) is 16.1. The maximum absolute atomic E-state index is 13.5. The summed E-state index contributed by atoms with van der Waals surface area (Å²) in [6.45, 7) is 2.53. The number of carbonyl (C=O) groups is 2. The van der Waals surface area contributed by atoms with Gasteiger partial charge in [-0.15, -0.1) is 0 Å². The Labute approximate surface area is 199 Å². The molecule has 0 aliphatic carbocycles. The van der Waals surface area contributed by atoms with Crippen molar-refractivity contribution in [1.29, 1.82) is 0 Å². The monoisotopic (exact) mass is 460 g/mol. The molecule has 0 bridgehead atoms. The fraction of sp³-hybridized carbons (Fsp3) is 0.192. The molecule has 170 valence electrons. The zero-order valence-electron chi connectivity index (χ0n) is 18.5. The van der Waals surface area contributed by atoms with Crippen LogP contribution >= 0.6 is 12.2 Å². The molecule has 6 nitrogen and oxygen atoms in total. The van der Waals surface area contributed by atoms with Crippen LogP contribution in [0.2, 0.25) is 0 Å². The molecule has 4 N–H and O–H groups in total. The molecule has 0 aliphatic rings. The van der Waals surface area contributed by atoms with Crippen LogP contribution in [0.15, 0.2) is 91.0 Å². The Morgan fingerprint density at radius 2 is 1.27 bits per heavy atom. The fourth-order valence-electron chi connectivity index (χ4n) is 3.51. The van der Waals surface area contributed by atoms with Crippen LogP contribution in [0.5, 0.6) is 0 Å². The van der Waals surface area contributed by atoms with E-state index in [1.807, 2.05) is 97.9 Å². The predicted molar refractivity (Wildman–Crippen MR) is 134 cm³/mol. The first-order valence-electron chi connectivity index (χ1n) is 10.9. The Kier molecular flexibility index (Phi) is 8.97. The van der Waals surface area contributed by atoms with Crippen LogP contribution in [0, 0.1) is 0 Å². The summed E-state index contributed by atoms with van der Waals surface area (Å²) in [6.07, 6.45) is 0.338. The Morgan fingerprint density at radius 3 is 1.79 bits per heavy atom. The lowest BCUT2D eigenvalue weighted by molar-refractivity contribution is -0.129. The van der Waals surface area contributed by atoms with E-state index < -0.39 is 12.0 Å². The number of hydrogen-bond acceptors (Lipinski definition) is 3. The van der Waals surface area contributed by atoms with Gasteiger partial charge in [0.15, 0.2) is 5.11 Å². The smallest absolute Gasteiger partial charge is 0.261 e. The third-order valence-corrected chi connectivity index (χ3v) is 5.33. The van der Waals surface area contributed by atoms with Gasteiger partial charge >= 0.3 is 0 Å². The highest BCUT2D eigenvalue weighted by atomic mass is 32.1. The Morgan fingerprint density at radius 1 is 0.758 bits per heavy atom. The summed E-state index contributed by atoms with van der Waals surface area (Å²) in [7, 11) is 0. The molecule has 0 saturated heterocycles. The van der Waals surface area contributed by atoms with Gasteiger partial charge in [-0.2, -0.15) is 0 Å². The van der Waals surface area contributed by atoms with Gasteiger partial charge in [-0.3, -0.25) is 20.4 Å². The number of rotatable bonds is 8. The molecule has 0 heterocycles. The van der Waals surface area contributed by atoms with Crippen molar-refractivity contribution in [1.82, 2.24) is 21.5 Å². The maximum Gasteiger partial charge on any atom is 0.261 e. The van der Waals surface area contributed by atoms with Crippen molar-refractivity contribution in [3.63, 3.8) is 0 Å². The molecule has 0 spiro atoms. The lowest BCUT2D eigenvalue weighted by atomic mass is 9.90. The summed E-state index contributed by atoms with van der Waals surface area (Å²) in [5.74, 6) is -1.18. The second-order valence-corrected chi connectivity index (χ2v) is 7.89. The van der Waals surface area contributed by atoms with Gasteiger partial charge in [-0.25, -0.2) is 0 Å². The third-order valence-electron chi connectivity index (χ3n) is 5.08. The minimum atomic E-state index is -0.799. The van der Waals surface area contributed by atoms with Crippen molar-refractivity contribution >= 4 is 29.1 Å². The molecule has 1 atom stereocenters. The lowest BCUT2D eigenvalue weighted by Gasteiger charge is -2.23. The molecule has 0 radical (unpaired) electrons. The van der Waals surface area contributed by atoms with E-state index in [-0.39, 0.29) is 11.8 Å². The van der Waals surface area contributed by atoms with Gasteiger partial charge in [0.1, 0.15) is 6.04 Å². The van der Waals surface area contributed by atoms with Crippen LogP contribution < -0.4 is 21.5 Å². The molecule has 7 heteroatoms. The van der Waals surface area contributed by atoms with E-state index in [1.165, 1.54) is 0 Å². The highest BCUT2D eigenvalue weighted by molar-refractivity contribution is 7.80. The Bertz CT molecular complexity index is 1010. The van der Waals surface area contributed by atoms with Crippen molar-refractivity contribution in [2.75, 3.05) is 6.54 Å². The fourth-order valence-corrected chi connectivity index (χ4v) is 3.71. The van der Waals surface area contributed by atoms with Gasteiger partial charge in [0.25, 0.3) is 5.91 Å². The molecule has 0 aromatic heterocycles. The van der Waals surface area contributed by atoms with E-state index >= 15 is 0 Å². The highest BCUT2D eigenvalue weighted by Gasteiger charge is 2.28. The quantitative estimate of drug-likeness (QED) is 0.307. The van der Waals surface area contributed by atoms with Gasteiger partial charge in [-0.05, 0) is 35.8 Å². The first kappa shape index (κ1) is 23.9. The zero-order chi connectivity index (χ0) is 23.5. The Balaban J connectivity index is 1.83. The van der Waals surface area contributed by atoms with Crippen LogP contribution in [0.1, 0.15) is 29.5 Å². The first-order valence-corrected chi connectivity index (χ1v) is 11.3. The molecule has 2 amide bonds. The number of hydrogen-bond donors (Lipinski definition) is 4. The second kappa shape index (κ2) is 12.4. The third kappa shape index (κ3) is 7.15. The molecular weight excluding hydrogens is 432 g/mol. The highest BCUT2D eigenvalue weighted by Crippen LogP contribution is 2.25. The second-order valence-electron chi connectivity index (χ2n) is 7.48. The topological polar surface area (TPSA) is 82.3 Å². The van der Waals surface area contributed by atoms with E-state index in [2.05, 4.69) is 21.5 Å². The van der Waals surface area contributed by atoms with Crippen LogP contribution in [0.3, 0.4) is 0 Å². The average Bonchev–Trinajstić information content (AvgIpc) is 2.84. The van der Waals surface area contributed by atoms with Gasteiger partial charge in [-0.1, -0.05) is 91.0 Å². The minimum Gasteiger partial charge on any atom is -0.362 e. The number of benzene rings is 3. The molecule has 33 heavy (non-hydrogen) atoms. The number of amides is 2.